The number of unbranched alkanes of at least 4 members (excludes halogenated alkanes) is 11. The topological polar surface area (TPSA) is 134 Å². The fourth-order valence-corrected chi connectivity index (χ4v) is 5.92. The number of rotatable bonds is 38. The van der Waals surface area contributed by atoms with Gasteiger partial charge >= 0.3 is 19.8 Å². The third-order valence-corrected chi connectivity index (χ3v) is 9.25. The molecular weight excluding hydrogens is 713 g/mol. The Bertz CT molecular complexity index is 1170. The number of carbonyl (C=O) groups is 2. The molecule has 0 aliphatic heterocycles. The fourth-order valence-electron chi connectivity index (χ4n) is 5.16. The Kier molecular flexibility index (Phi) is 38.8. The summed E-state index contributed by atoms with van der Waals surface area (Å²) in [6, 6.07) is 0. The van der Waals surface area contributed by atoms with Crippen LogP contribution in [0.4, 0.5) is 0 Å². The Labute approximate surface area is 334 Å². The third kappa shape index (κ3) is 40.7. The van der Waals surface area contributed by atoms with Crippen molar-refractivity contribution in [2.24, 2.45) is 5.73 Å². The molecule has 0 aromatic rings. The van der Waals surface area contributed by atoms with E-state index >= 15 is 0 Å². The van der Waals surface area contributed by atoms with Gasteiger partial charge in [-0.15, -0.1) is 0 Å². The van der Waals surface area contributed by atoms with E-state index in [1.165, 1.54) is 32.1 Å². The Morgan fingerprint density at radius 1 is 0.564 bits per heavy atom. The lowest BCUT2D eigenvalue weighted by atomic mass is 10.1. The van der Waals surface area contributed by atoms with Crippen LogP contribution in [0.15, 0.2) is 85.1 Å². The Morgan fingerprint density at radius 3 is 1.55 bits per heavy atom. The summed E-state index contributed by atoms with van der Waals surface area (Å²) < 4.78 is 32.7. The summed E-state index contributed by atoms with van der Waals surface area (Å²) >= 11 is 0. The van der Waals surface area contributed by atoms with Crippen LogP contribution in [0.2, 0.25) is 0 Å². The van der Waals surface area contributed by atoms with Gasteiger partial charge in [-0.25, -0.2) is 4.57 Å². The molecule has 0 radical (unpaired) electrons. The minimum atomic E-state index is -4.39. The molecule has 0 saturated carbocycles. The van der Waals surface area contributed by atoms with Gasteiger partial charge in [-0.3, -0.25) is 18.6 Å². The van der Waals surface area contributed by atoms with Crippen LogP contribution in [-0.2, 0) is 32.7 Å². The van der Waals surface area contributed by atoms with Crippen molar-refractivity contribution >= 4 is 19.8 Å². The van der Waals surface area contributed by atoms with Gasteiger partial charge in [0.1, 0.15) is 6.61 Å². The summed E-state index contributed by atoms with van der Waals surface area (Å²) in [5, 5.41) is 0. The van der Waals surface area contributed by atoms with Crippen LogP contribution in [0, 0.1) is 0 Å². The van der Waals surface area contributed by atoms with Crippen molar-refractivity contribution in [1.82, 2.24) is 0 Å². The molecule has 0 aromatic heterocycles. The predicted molar refractivity (Wildman–Crippen MR) is 229 cm³/mol. The van der Waals surface area contributed by atoms with Gasteiger partial charge in [-0.2, -0.15) is 0 Å². The van der Waals surface area contributed by atoms with E-state index in [1.807, 2.05) is 0 Å². The lowest BCUT2D eigenvalue weighted by Gasteiger charge is -2.19. The number of phosphoric acid groups is 1. The smallest absolute Gasteiger partial charge is 0.462 e. The molecule has 0 rings (SSSR count). The van der Waals surface area contributed by atoms with Gasteiger partial charge in [0.05, 0.1) is 13.2 Å². The van der Waals surface area contributed by atoms with Crippen molar-refractivity contribution in [1.29, 1.82) is 0 Å². The number of hydrogen-bond acceptors (Lipinski definition) is 8. The zero-order valence-corrected chi connectivity index (χ0v) is 35.3. The second-order valence-corrected chi connectivity index (χ2v) is 14.9. The molecule has 9 nitrogen and oxygen atoms in total. The summed E-state index contributed by atoms with van der Waals surface area (Å²) in [4.78, 5) is 34.8. The van der Waals surface area contributed by atoms with Crippen LogP contribution in [0.3, 0.4) is 0 Å². The van der Waals surface area contributed by atoms with Gasteiger partial charge in [-0.1, -0.05) is 137 Å². The molecule has 0 saturated heterocycles. The Hall–Kier alpha value is -2.81. The van der Waals surface area contributed by atoms with E-state index in [4.69, 9.17) is 24.3 Å². The van der Waals surface area contributed by atoms with Crippen molar-refractivity contribution in [2.75, 3.05) is 26.4 Å². The molecule has 3 N–H and O–H groups in total. The van der Waals surface area contributed by atoms with Gasteiger partial charge in [0.25, 0.3) is 0 Å². The molecule has 55 heavy (non-hydrogen) atoms. The molecule has 2 unspecified atom stereocenters. The van der Waals surface area contributed by atoms with E-state index in [2.05, 4.69) is 98.9 Å². The van der Waals surface area contributed by atoms with Crippen LogP contribution in [0.1, 0.15) is 155 Å². The van der Waals surface area contributed by atoms with Crippen LogP contribution < -0.4 is 5.73 Å². The first kappa shape index (κ1) is 52.2. The third-order valence-electron chi connectivity index (χ3n) is 8.27. The second kappa shape index (κ2) is 40.8. The SMILES string of the molecule is CC/C=C\C/C=C\C/C=C\C/C=C\C/C=C\C/C=C\CCCCC(=O)OC(COC(=O)CCCCCCC/C=C\CCCCCC)COP(=O)(O)OCCN. The Morgan fingerprint density at radius 2 is 1.00 bits per heavy atom. The zero-order chi connectivity index (χ0) is 40.3. The first-order chi connectivity index (χ1) is 26.8. The number of carbonyl (C=O) groups excluding carboxylic acids is 2. The Balaban J connectivity index is 4.29. The first-order valence-corrected chi connectivity index (χ1v) is 22.6. The molecule has 0 spiro atoms. The molecule has 314 valence electrons. The molecule has 0 aliphatic rings. The number of allylic oxidation sites excluding steroid dienone is 14. The molecule has 0 aliphatic carbocycles. The number of phosphoric ester groups is 1. The molecule has 0 fully saturated rings. The number of ether oxygens (including phenoxy) is 2. The summed E-state index contributed by atoms with van der Waals surface area (Å²) in [5.41, 5.74) is 5.34. The minimum absolute atomic E-state index is 0.0404. The van der Waals surface area contributed by atoms with Gasteiger partial charge < -0.3 is 20.1 Å². The molecule has 10 heteroatoms. The van der Waals surface area contributed by atoms with E-state index in [9.17, 15) is 19.0 Å². The standard InChI is InChI=1S/C45H76NO8P/c1-3-5-7-9-11-13-15-17-18-19-20-21-22-23-24-26-28-30-32-34-36-38-45(48)54-43(42-53-55(49,50)52-40-39-46)41-51-44(47)37-35-33-31-29-27-25-16-14-12-10-8-6-4-2/h5,7,11,13-14,16-18,20-21,23-24,28,30,43H,3-4,6,8-10,12,15,19,22,25-27,29,31-42,46H2,1-2H3,(H,49,50)/b7-5-,13-11-,16-14-,18-17-,21-20-,24-23-,30-28-. The van der Waals surface area contributed by atoms with E-state index in [-0.39, 0.29) is 32.6 Å². The monoisotopic (exact) mass is 790 g/mol. The van der Waals surface area contributed by atoms with E-state index < -0.39 is 32.5 Å². The predicted octanol–water partition coefficient (Wildman–Crippen LogP) is 12.0. The van der Waals surface area contributed by atoms with Crippen molar-refractivity contribution < 1.29 is 37.6 Å². The van der Waals surface area contributed by atoms with E-state index in [0.29, 0.717) is 12.8 Å². The van der Waals surface area contributed by atoms with Crippen LogP contribution in [0.25, 0.3) is 0 Å². The lowest BCUT2D eigenvalue weighted by molar-refractivity contribution is -0.161. The average Bonchev–Trinajstić information content (AvgIpc) is 3.17. The number of hydrogen-bond donors (Lipinski definition) is 2. The summed E-state index contributed by atoms with van der Waals surface area (Å²) in [6.45, 7) is 3.51. The quantitative estimate of drug-likeness (QED) is 0.0271. The highest BCUT2D eigenvalue weighted by Crippen LogP contribution is 2.43. The molecule has 0 aromatic carbocycles. The van der Waals surface area contributed by atoms with Crippen molar-refractivity contribution in [2.45, 2.75) is 161 Å². The fraction of sp³-hybridized carbons (Fsp3) is 0.644. The lowest BCUT2D eigenvalue weighted by Crippen LogP contribution is -2.29. The summed E-state index contributed by atoms with van der Waals surface area (Å²) in [5.74, 6) is -0.899. The number of esters is 2. The van der Waals surface area contributed by atoms with E-state index in [1.54, 1.807) is 0 Å². The van der Waals surface area contributed by atoms with Crippen molar-refractivity contribution in [3.05, 3.63) is 85.1 Å². The number of nitrogens with two attached hydrogens (primary N) is 1. The highest BCUT2D eigenvalue weighted by Gasteiger charge is 2.25. The van der Waals surface area contributed by atoms with Gasteiger partial charge in [0.15, 0.2) is 6.10 Å². The maximum absolute atomic E-state index is 12.6. The summed E-state index contributed by atoms with van der Waals surface area (Å²) in [6.07, 6.45) is 50.4. The van der Waals surface area contributed by atoms with Crippen LogP contribution in [0.5, 0.6) is 0 Å². The molecule has 0 bridgehead atoms. The summed E-state index contributed by atoms with van der Waals surface area (Å²) in [7, 11) is -4.39. The van der Waals surface area contributed by atoms with Gasteiger partial charge in [-0.05, 0) is 89.9 Å². The maximum atomic E-state index is 12.6. The molecular formula is C45H76NO8P. The highest BCUT2D eigenvalue weighted by atomic mass is 31.2. The van der Waals surface area contributed by atoms with E-state index in [0.717, 1.165) is 83.5 Å². The van der Waals surface area contributed by atoms with Gasteiger partial charge in [0.2, 0.25) is 0 Å². The highest BCUT2D eigenvalue weighted by molar-refractivity contribution is 7.47. The van der Waals surface area contributed by atoms with Crippen LogP contribution in [-0.4, -0.2) is 49.3 Å². The zero-order valence-electron chi connectivity index (χ0n) is 34.4. The first-order valence-electron chi connectivity index (χ1n) is 21.1. The molecule has 0 amide bonds. The van der Waals surface area contributed by atoms with Gasteiger partial charge in [0, 0.05) is 19.4 Å². The van der Waals surface area contributed by atoms with Crippen molar-refractivity contribution in [3.63, 3.8) is 0 Å². The van der Waals surface area contributed by atoms with Crippen LogP contribution >= 0.6 is 7.82 Å². The molecule has 0 heterocycles. The largest absolute Gasteiger partial charge is 0.472 e. The average molecular weight is 790 g/mol. The maximum Gasteiger partial charge on any atom is 0.472 e. The minimum Gasteiger partial charge on any atom is -0.462 e. The van der Waals surface area contributed by atoms with Crippen molar-refractivity contribution in [3.8, 4) is 0 Å². The molecule has 2 atom stereocenters. The normalized spacial score (nSPS) is 14.2. The second-order valence-electron chi connectivity index (χ2n) is 13.5.